The fraction of sp³-hybridized carbons (Fsp3) is 0.450. The van der Waals surface area contributed by atoms with Gasteiger partial charge in [0.15, 0.2) is 0 Å². The molecular weight excluding hydrogens is 389 g/mol. The third-order valence-electron chi connectivity index (χ3n) is 3.57. The second kappa shape index (κ2) is 7.21. The molecule has 2 aromatic rings. The van der Waals surface area contributed by atoms with E-state index in [0.29, 0.717) is 5.39 Å². The molecule has 2 aromatic carbocycles. The van der Waals surface area contributed by atoms with Gasteiger partial charge in [0.1, 0.15) is 0 Å². The van der Waals surface area contributed by atoms with Gasteiger partial charge in [0.25, 0.3) is 0 Å². The summed E-state index contributed by atoms with van der Waals surface area (Å²) < 4.78 is 54.7. The SMILES string of the molecule is CC(C)(C)OP(=O)(OC(C)(C)C)C(F)(F)c1ccc2ccc(C(=O)O)cc2c1. The first-order valence-corrected chi connectivity index (χ1v) is 10.3. The van der Waals surface area contributed by atoms with E-state index in [9.17, 15) is 9.36 Å². The zero-order valence-corrected chi connectivity index (χ0v) is 17.6. The molecule has 5 nitrogen and oxygen atoms in total. The Morgan fingerprint density at radius 3 is 1.86 bits per heavy atom. The number of rotatable bonds is 5. The first-order chi connectivity index (χ1) is 12.5. The average molecular weight is 414 g/mol. The highest BCUT2D eigenvalue weighted by atomic mass is 31.2. The van der Waals surface area contributed by atoms with Gasteiger partial charge in [-0.2, -0.15) is 8.78 Å². The van der Waals surface area contributed by atoms with Gasteiger partial charge >= 0.3 is 19.2 Å². The number of alkyl halides is 2. The maximum Gasteiger partial charge on any atom is 0.405 e. The summed E-state index contributed by atoms with van der Waals surface area (Å²) in [6, 6.07) is 7.89. The second-order valence-corrected chi connectivity index (χ2v) is 10.4. The van der Waals surface area contributed by atoms with E-state index in [-0.39, 0.29) is 10.9 Å². The lowest BCUT2D eigenvalue weighted by molar-refractivity contribution is -0.0212. The molecule has 0 fully saturated rings. The lowest BCUT2D eigenvalue weighted by atomic mass is 10.0. The van der Waals surface area contributed by atoms with Gasteiger partial charge in [-0.15, -0.1) is 0 Å². The van der Waals surface area contributed by atoms with Crippen LogP contribution in [0.4, 0.5) is 8.78 Å². The predicted molar refractivity (Wildman–Crippen MR) is 104 cm³/mol. The number of carbonyl (C=O) groups is 1. The van der Waals surface area contributed by atoms with Gasteiger partial charge in [-0.05, 0) is 70.5 Å². The smallest absolute Gasteiger partial charge is 0.405 e. The third-order valence-corrected chi connectivity index (χ3v) is 6.09. The fourth-order valence-electron chi connectivity index (χ4n) is 2.58. The monoisotopic (exact) mass is 414 g/mol. The molecule has 0 bridgehead atoms. The van der Waals surface area contributed by atoms with Crippen molar-refractivity contribution >= 4 is 24.3 Å². The minimum absolute atomic E-state index is 0.0342. The zero-order chi connectivity index (χ0) is 21.5. The number of benzene rings is 2. The van der Waals surface area contributed by atoms with Gasteiger partial charge in [0.05, 0.1) is 16.8 Å². The summed E-state index contributed by atoms with van der Waals surface area (Å²) in [5.41, 5.74) is -6.83. The van der Waals surface area contributed by atoms with Crippen molar-refractivity contribution in [1.82, 2.24) is 0 Å². The Kier molecular flexibility index (Phi) is 5.79. The Labute approximate surface area is 163 Å². The van der Waals surface area contributed by atoms with Crippen LogP contribution < -0.4 is 0 Å². The second-order valence-electron chi connectivity index (χ2n) is 8.53. The summed E-state index contributed by atoms with van der Waals surface area (Å²) in [4.78, 5) is 11.2. The standard InChI is InChI=1S/C20H25F2O5P/c1-18(2,3)26-28(25,27-19(4,5)6)20(21,22)16-10-9-13-7-8-14(17(23)24)11-15(13)12-16/h7-12H,1-6H3,(H,23,24). The lowest BCUT2D eigenvalue weighted by Gasteiger charge is -2.36. The topological polar surface area (TPSA) is 72.8 Å². The van der Waals surface area contributed by atoms with E-state index in [2.05, 4.69) is 0 Å². The van der Waals surface area contributed by atoms with Gasteiger partial charge in [-0.25, -0.2) is 4.79 Å². The van der Waals surface area contributed by atoms with Crippen molar-refractivity contribution in [3.8, 4) is 0 Å². The Balaban J connectivity index is 2.62. The molecule has 28 heavy (non-hydrogen) atoms. The predicted octanol–water partition coefficient (Wildman–Crippen LogP) is 6.41. The molecule has 0 aromatic heterocycles. The van der Waals surface area contributed by atoms with Crippen LogP contribution in [0.3, 0.4) is 0 Å². The Morgan fingerprint density at radius 2 is 1.39 bits per heavy atom. The Hall–Kier alpha value is -1.82. The molecule has 0 saturated carbocycles. The van der Waals surface area contributed by atoms with E-state index in [1.165, 1.54) is 65.8 Å². The number of carboxylic acids is 1. The van der Waals surface area contributed by atoms with Crippen LogP contribution in [-0.2, 0) is 19.3 Å². The first-order valence-electron chi connectivity index (χ1n) is 8.71. The molecule has 1 N–H and O–H groups in total. The van der Waals surface area contributed by atoms with Crippen molar-refractivity contribution in [2.75, 3.05) is 0 Å². The number of fused-ring (bicyclic) bond motifs is 1. The molecule has 0 aliphatic heterocycles. The molecule has 0 atom stereocenters. The van der Waals surface area contributed by atoms with E-state index in [0.717, 1.165) is 12.1 Å². The van der Waals surface area contributed by atoms with Crippen molar-refractivity contribution in [3.05, 3.63) is 47.5 Å². The molecule has 0 heterocycles. The average Bonchev–Trinajstić information content (AvgIpc) is 2.49. The van der Waals surface area contributed by atoms with Crippen LogP contribution in [0.2, 0.25) is 0 Å². The minimum Gasteiger partial charge on any atom is -0.478 e. The molecule has 2 rings (SSSR count). The number of halogens is 2. The van der Waals surface area contributed by atoms with Crippen LogP contribution in [0.5, 0.6) is 0 Å². The molecule has 154 valence electrons. The van der Waals surface area contributed by atoms with E-state index in [1.54, 1.807) is 0 Å². The summed E-state index contributed by atoms with van der Waals surface area (Å²) in [5.74, 6) is -1.17. The van der Waals surface area contributed by atoms with Gasteiger partial charge < -0.3 is 5.11 Å². The highest BCUT2D eigenvalue weighted by Crippen LogP contribution is 2.70. The number of hydrogen-bond donors (Lipinski definition) is 1. The maximum absolute atomic E-state index is 15.4. The maximum atomic E-state index is 15.4. The summed E-state index contributed by atoms with van der Waals surface area (Å²) in [7, 11) is -4.95. The van der Waals surface area contributed by atoms with Crippen LogP contribution >= 0.6 is 7.60 Å². The van der Waals surface area contributed by atoms with E-state index in [1.807, 2.05) is 0 Å². The van der Waals surface area contributed by atoms with Crippen LogP contribution in [0.15, 0.2) is 36.4 Å². The molecule has 0 spiro atoms. The summed E-state index contributed by atoms with van der Waals surface area (Å²) in [6.45, 7) is 9.09. The summed E-state index contributed by atoms with van der Waals surface area (Å²) in [5, 5.41) is 9.99. The van der Waals surface area contributed by atoms with E-state index in [4.69, 9.17) is 14.2 Å². The van der Waals surface area contributed by atoms with Crippen molar-refractivity contribution in [2.24, 2.45) is 0 Å². The van der Waals surface area contributed by atoms with Crippen LogP contribution in [0.1, 0.15) is 57.5 Å². The van der Waals surface area contributed by atoms with Crippen molar-refractivity contribution < 1.29 is 32.3 Å². The first kappa shape index (κ1) is 22.5. The van der Waals surface area contributed by atoms with Gasteiger partial charge in [0, 0.05) is 5.56 Å². The number of hydrogen-bond acceptors (Lipinski definition) is 4. The van der Waals surface area contributed by atoms with Gasteiger partial charge in [-0.1, -0.05) is 18.2 Å². The molecule has 0 radical (unpaired) electrons. The van der Waals surface area contributed by atoms with Gasteiger partial charge in [0.2, 0.25) is 0 Å². The molecule has 8 heteroatoms. The fourth-order valence-corrected chi connectivity index (χ4v) is 4.74. The Morgan fingerprint density at radius 1 is 0.893 bits per heavy atom. The highest BCUT2D eigenvalue weighted by molar-refractivity contribution is 7.54. The highest BCUT2D eigenvalue weighted by Gasteiger charge is 2.58. The summed E-state index contributed by atoms with van der Waals surface area (Å²) >= 11 is 0. The molecule has 0 saturated heterocycles. The molecule has 0 amide bonds. The molecular formula is C20H25F2O5P. The zero-order valence-electron chi connectivity index (χ0n) is 16.7. The molecule has 0 aliphatic rings. The van der Waals surface area contributed by atoms with Crippen LogP contribution in [-0.4, -0.2) is 22.3 Å². The Bertz CT molecular complexity index is 922. The van der Waals surface area contributed by atoms with Crippen molar-refractivity contribution in [2.45, 2.75) is 58.4 Å². The summed E-state index contributed by atoms with van der Waals surface area (Å²) in [6.07, 6.45) is 0. The largest absolute Gasteiger partial charge is 0.478 e. The number of carboxylic acid groups (broad SMARTS) is 1. The lowest BCUT2D eigenvalue weighted by Crippen LogP contribution is -2.30. The van der Waals surface area contributed by atoms with Crippen molar-refractivity contribution in [1.29, 1.82) is 0 Å². The van der Waals surface area contributed by atoms with Crippen LogP contribution in [0, 0.1) is 0 Å². The number of aromatic carboxylic acids is 1. The molecule has 0 aliphatic carbocycles. The quantitative estimate of drug-likeness (QED) is 0.572. The van der Waals surface area contributed by atoms with E-state index < -0.39 is 36.0 Å². The van der Waals surface area contributed by atoms with Crippen molar-refractivity contribution in [3.63, 3.8) is 0 Å². The third kappa shape index (κ3) is 4.96. The minimum atomic E-state index is -4.95. The van der Waals surface area contributed by atoms with Gasteiger partial charge in [-0.3, -0.25) is 13.6 Å². The van der Waals surface area contributed by atoms with Crippen LogP contribution in [0.25, 0.3) is 10.8 Å². The molecule has 0 unspecified atom stereocenters. The normalized spacial score (nSPS) is 13.7. The van der Waals surface area contributed by atoms with E-state index >= 15 is 8.78 Å².